The maximum atomic E-state index is 12.7. The van der Waals surface area contributed by atoms with Crippen LogP contribution in [-0.4, -0.2) is 54.7 Å². The average Bonchev–Trinajstić information content (AvgIpc) is 3.21. The van der Waals surface area contributed by atoms with Crippen molar-refractivity contribution in [2.75, 3.05) is 31.6 Å². The molecule has 2 aromatic carbocycles. The summed E-state index contributed by atoms with van der Waals surface area (Å²) in [6.45, 7) is 3.56. The summed E-state index contributed by atoms with van der Waals surface area (Å²) in [6, 6.07) is 15.6. The number of nitrogens with zero attached hydrogens (tertiary/aromatic N) is 2. The molecule has 0 bridgehead atoms. The molecule has 0 saturated carbocycles. The van der Waals surface area contributed by atoms with Gasteiger partial charge in [-0.15, -0.1) is 0 Å². The minimum Gasteiger partial charge on any atom is -0.497 e. The zero-order valence-electron chi connectivity index (χ0n) is 18.5. The number of piperidine rings is 1. The number of ether oxygens (including phenoxy) is 1. The highest BCUT2D eigenvalue weighted by Gasteiger charge is 2.35. The van der Waals surface area contributed by atoms with E-state index in [0.717, 1.165) is 49.5 Å². The largest absolute Gasteiger partial charge is 0.497 e. The fraction of sp³-hybridized carbons (Fsp3) is 0.440. The number of hydrogen-bond acceptors (Lipinski definition) is 5. The van der Waals surface area contributed by atoms with Gasteiger partial charge in [0.15, 0.2) is 0 Å². The Labute approximate surface area is 189 Å². The third-order valence-electron chi connectivity index (χ3n) is 6.33. The van der Waals surface area contributed by atoms with Crippen molar-refractivity contribution in [2.45, 2.75) is 38.5 Å². The molecule has 0 aromatic heterocycles. The van der Waals surface area contributed by atoms with Gasteiger partial charge < -0.3 is 20.1 Å². The molecule has 2 amide bonds. The maximum Gasteiger partial charge on any atom is 0.227 e. The van der Waals surface area contributed by atoms with Gasteiger partial charge >= 0.3 is 0 Å². The highest BCUT2D eigenvalue weighted by Crippen LogP contribution is 2.27. The Hall–Kier alpha value is -2.90. The molecular formula is C25H31N3O4. The van der Waals surface area contributed by atoms with E-state index in [9.17, 15) is 14.7 Å². The highest BCUT2D eigenvalue weighted by molar-refractivity contribution is 6.00. The molecule has 1 unspecified atom stereocenters. The molecule has 7 nitrogen and oxygen atoms in total. The maximum absolute atomic E-state index is 12.7. The molecule has 0 radical (unpaired) electrons. The van der Waals surface area contributed by atoms with Crippen LogP contribution in [0.3, 0.4) is 0 Å². The molecule has 1 atom stereocenters. The fourth-order valence-corrected chi connectivity index (χ4v) is 4.33. The second-order valence-electron chi connectivity index (χ2n) is 8.65. The molecule has 2 fully saturated rings. The minimum absolute atomic E-state index is 0.0371. The first-order valence-corrected chi connectivity index (χ1v) is 11.2. The van der Waals surface area contributed by atoms with Crippen molar-refractivity contribution in [3.8, 4) is 5.75 Å². The van der Waals surface area contributed by atoms with Crippen LogP contribution in [0.15, 0.2) is 48.5 Å². The van der Waals surface area contributed by atoms with E-state index in [1.54, 1.807) is 12.0 Å². The molecular weight excluding hydrogens is 406 g/mol. The third kappa shape index (κ3) is 5.47. The van der Waals surface area contributed by atoms with Crippen LogP contribution in [-0.2, 0) is 22.7 Å². The summed E-state index contributed by atoms with van der Waals surface area (Å²) in [7, 11) is 1.60. The number of anilines is 1. The van der Waals surface area contributed by atoms with Crippen LogP contribution >= 0.6 is 0 Å². The smallest absolute Gasteiger partial charge is 0.227 e. The van der Waals surface area contributed by atoms with Crippen molar-refractivity contribution in [2.24, 2.45) is 5.92 Å². The number of benzene rings is 2. The van der Waals surface area contributed by atoms with E-state index >= 15 is 0 Å². The zero-order chi connectivity index (χ0) is 22.5. The zero-order valence-corrected chi connectivity index (χ0v) is 18.5. The minimum atomic E-state index is -0.349. The first-order chi connectivity index (χ1) is 15.5. The average molecular weight is 438 g/mol. The van der Waals surface area contributed by atoms with Gasteiger partial charge in [-0.1, -0.05) is 24.3 Å². The molecule has 0 spiro atoms. The van der Waals surface area contributed by atoms with Crippen molar-refractivity contribution in [3.63, 3.8) is 0 Å². The molecule has 170 valence electrons. The summed E-state index contributed by atoms with van der Waals surface area (Å²) in [4.78, 5) is 29.1. The highest BCUT2D eigenvalue weighted by atomic mass is 16.5. The Kier molecular flexibility index (Phi) is 7.07. The van der Waals surface area contributed by atoms with Crippen molar-refractivity contribution in [1.29, 1.82) is 0 Å². The molecule has 2 N–H and O–H groups in total. The number of rotatable bonds is 7. The number of amides is 2. The van der Waals surface area contributed by atoms with Gasteiger partial charge in [0.2, 0.25) is 11.8 Å². The predicted octanol–water partition coefficient (Wildman–Crippen LogP) is 2.32. The molecule has 2 saturated heterocycles. The standard InChI is InChI=1S/C25H31N3O4/c1-32-23-8-6-21(7-9-23)28-17-20(14-24(28)30)25(31)26-15-18-2-4-19(5-3-18)16-27-12-10-22(29)11-13-27/h2-9,20,22,29H,10-17H2,1H3,(H,26,31). The van der Waals surface area contributed by atoms with E-state index in [2.05, 4.69) is 22.3 Å². The Morgan fingerprint density at radius 1 is 1.06 bits per heavy atom. The lowest BCUT2D eigenvalue weighted by Gasteiger charge is -2.29. The molecule has 7 heteroatoms. The monoisotopic (exact) mass is 437 g/mol. The molecule has 4 rings (SSSR count). The number of hydrogen-bond donors (Lipinski definition) is 2. The number of nitrogens with one attached hydrogen (secondary N) is 1. The van der Waals surface area contributed by atoms with Gasteiger partial charge in [-0.05, 0) is 48.2 Å². The van der Waals surface area contributed by atoms with Crippen LogP contribution in [0.1, 0.15) is 30.4 Å². The van der Waals surface area contributed by atoms with Crippen LogP contribution in [0.5, 0.6) is 5.75 Å². The number of methoxy groups -OCH3 is 1. The lowest BCUT2D eigenvalue weighted by Crippen LogP contribution is -2.35. The van der Waals surface area contributed by atoms with E-state index in [4.69, 9.17) is 4.74 Å². The topological polar surface area (TPSA) is 82.1 Å². The number of aliphatic hydroxyl groups excluding tert-OH is 1. The molecule has 0 aliphatic carbocycles. The number of likely N-dealkylation sites (tertiary alicyclic amines) is 1. The van der Waals surface area contributed by atoms with Crippen LogP contribution in [0.4, 0.5) is 5.69 Å². The van der Waals surface area contributed by atoms with E-state index in [1.807, 2.05) is 36.4 Å². The summed E-state index contributed by atoms with van der Waals surface area (Å²) in [5.74, 6) is 0.254. The lowest BCUT2D eigenvalue weighted by atomic mass is 10.1. The van der Waals surface area contributed by atoms with Crippen molar-refractivity contribution >= 4 is 17.5 Å². The molecule has 2 heterocycles. The Morgan fingerprint density at radius 3 is 2.38 bits per heavy atom. The van der Waals surface area contributed by atoms with Crippen LogP contribution in [0.2, 0.25) is 0 Å². The lowest BCUT2D eigenvalue weighted by molar-refractivity contribution is -0.126. The van der Waals surface area contributed by atoms with Crippen molar-refractivity contribution < 1.29 is 19.4 Å². The normalized spacial score (nSPS) is 19.9. The van der Waals surface area contributed by atoms with Gasteiger partial charge in [0.05, 0.1) is 19.1 Å². The second-order valence-corrected chi connectivity index (χ2v) is 8.65. The number of aliphatic hydroxyl groups is 1. The van der Waals surface area contributed by atoms with Crippen LogP contribution in [0.25, 0.3) is 0 Å². The van der Waals surface area contributed by atoms with Gasteiger partial charge in [-0.3, -0.25) is 14.5 Å². The molecule has 2 aliphatic heterocycles. The molecule has 2 aliphatic rings. The number of carbonyl (C=O) groups is 2. The van der Waals surface area contributed by atoms with E-state index in [1.165, 1.54) is 5.56 Å². The Morgan fingerprint density at radius 2 is 1.72 bits per heavy atom. The van der Waals surface area contributed by atoms with Gasteiger partial charge in [0, 0.05) is 44.8 Å². The molecule has 2 aromatic rings. The SMILES string of the molecule is COc1ccc(N2CC(C(=O)NCc3ccc(CN4CCC(O)CC4)cc3)CC2=O)cc1. The van der Waals surface area contributed by atoms with Crippen molar-refractivity contribution in [1.82, 2.24) is 10.2 Å². The van der Waals surface area contributed by atoms with Crippen LogP contribution in [0, 0.1) is 5.92 Å². The van der Waals surface area contributed by atoms with Gasteiger partial charge in [0.1, 0.15) is 5.75 Å². The summed E-state index contributed by atoms with van der Waals surface area (Å²) in [5.41, 5.74) is 3.05. The third-order valence-corrected chi connectivity index (χ3v) is 6.33. The second kappa shape index (κ2) is 10.1. The van der Waals surface area contributed by atoms with Gasteiger partial charge in [0.25, 0.3) is 0 Å². The summed E-state index contributed by atoms with van der Waals surface area (Å²) < 4.78 is 5.16. The summed E-state index contributed by atoms with van der Waals surface area (Å²) in [6.07, 6.45) is 1.74. The Bertz CT molecular complexity index is 921. The first kappa shape index (κ1) is 22.3. The van der Waals surface area contributed by atoms with Gasteiger partial charge in [-0.25, -0.2) is 0 Å². The quantitative estimate of drug-likeness (QED) is 0.695. The molecule has 32 heavy (non-hydrogen) atoms. The Balaban J connectivity index is 1.25. The summed E-state index contributed by atoms with van der Waals surface area (Å²) in [5, 5.41) is 12.6. The predicted molar refractivity (Wildman–Crippen MR) is 122 cm³/mol. The summed E-state index contributed by atoms with van der Waals surface area (Å²) >= 11 is 0. The van der Waals surface area contributed by atoms with Crippen molar-refractivity contribution in [3.05, 3.63) is 59.7 Å². The van der Waals surface area contributed by atoms with Gasteiger partial charge in [-0.2, -0.15) is 0 Å². The van der Waals surface area contributed by atoms with E-state index in [0.29, 0.717) is 13.1 Å². The fourth-order valence-electron chi connectivity index (χ4n) is 4.33. The first-order valence-electron chi connectivity index (χ1n) is 11.2. The van der Waals surface area contributed by atoms with E-state index < -0.39 is 0 Å². The van der Waals surface area contributed by atoms with E-state index in [-0.39, 0.29) is 30.3 Å². The number of carbonyl (C=O) groups excluding carboxylic acids is 2. The van der Waals surface area contributed by atoms with Crippen LogP contribution < -0.4 is 15.0 Å².